The van der Waals surface area contributed by atoms with Gasteiger partial charge in [-0.25, -0.2) is 10.3 Å². The van der Waals surface area contributed by atoms with E-state index < -0.39 is 36.0 Å². The lowest BCUT2D eigenvalue weighted by Gasteiger charge is -2.33. The van der Waals surface area contributed by atoms with Crippen molar-refractivity contribution in [1.82, 2.24) is 16.1 Å². The number of aliphatic hydroxyl groups is 1. The normalized spacial score (nSPS) is 17.0. The number of carboxylic acids is 1. The Kier molecular flexibility index (Phi) is 22.9. The van der Waals surface area contributed by atoms with E-state index in [0.29, 0.717) is 18.4 Å². The number of hydroxylamine groups is 1. The summed E-state index contributed by atoms with van der Waals surface area (Å²) in [6, 6.07) is 7.50. The monoisotopic (exact) mass is 823 g/mol. The fourth-order valence-corrected chi connectivity index (χ4v) is 6.00. The first-order valence-corrected chi connectivity index (χ1v) is 20.0. The number of oxime groups is 1. The van der Waals surface area contributed by atoms with Crippen LogP contribution in [0.5, 0.6) is 0 Å². The Hall–Kier alpha value is -4.93. The minimum atomic E-state index is -1.50. The fourth-order valence-electron chi connectivity index (χ4n) is 6.00. The third-order valence-corrected chi connectivity index (χ3v) is 9.28. The van der Waals surface area contributed by atoms with Crippen LogP contribution in [-0.2, 0) is 44.7 Å². The van der Waals surface area contributed by atoms with E-state index >= 15 is 0 Å². The van der Waals surface area contributed by atoms with Gasteiger partial charge in [0.05, 0.1) is 38.7 Å². The van der Waals surface area contributed by atoms with Gasteiger partial charge < -0.3 is 40.9 Å². The molecule has 1 aliphatic rings. The third-order valence-electron chi connectivity index (χ3n) is 9.28. The first kappa shape index (κ1) is 50.2. The molecule has 1 aromatic carbocycles. The molecule has 3 atom stereocenters. The van der Waals surface area contributed by atoms with E-state index in [0.717, 1.165) is 46.9 Å². The van der Waals surface area contributed by atoms with E-state index in [9.17, 15) is 24.3 Å². The van der Waals surface area contributed by atoms with Gasteiger partial charge in [-0.3, -0.25) is 19.2 Å². The fraction of sp³-hybridized carbons (Fsp3) is 0.523. The van der Waals surface area contributed by atoms with Crippen LogP contribution in [0.15, 0.2) is 94.2 Å². The Morgan fingerprint density at radius 3 is 2.32 bits per heavy atom. The molecular weight excluding hydrogens is 759 g/mol. The minimum Gasteiger partial charge on any atom is -0.478 e. The predicted molar refractivity (Wildman–Crippen MR) is 227 cm³/mol. The average Bonchev–Trinajstić information content (AvgIpc) is 3.16. The number of nitrogens with one attached hydrogen (secondary N) is 3. The molecular formula is C44H65N5O10. The van der Waals surface area contributed by atoms with Crippen molar-refractivity contribution in [3.05, 3.63) is 94.6 Å². The summed E-state index contributed by atoms with van der Waals surface area (Å²) in [5.74, 6) is -2.53. The Morgan fingerprint density at radius 2 is 1.64 bits per heavy atom. The van der Waals surface area contributed by atoms with Gasteiger partial charge in [-0.1, -0.05) is 99.1 Å². The van der Waals surface area contributed by atoms with Gasteiger partial charge in [0, 0.05) is 18.7 Å². The lowest BCUT2D eigenvalue weighted by Crippen LogP contribution is -2.54. The molecule has 0 heterocycles. The number of ether oxygens (including phenoxy) is 2. The number of nitrogens with zero attached hydrogens (tertiary/aromatic N) is 1. The summed E-state index contributed by atoms with van der Waals surface area (Å²) in [5.41, 5.74) is 13.8. The molecule has 0 saturated heterocycles. The van der Waals surface area contributed by atoms with Gasteiger partial charge in [-0.05, 0) is 80.1 Å². The number of rotatable bonds is 26. The molecule has 326 valence electrons. The van der Waals surface area contributed by atoms with Crippen LogP contribution >= 0.6 is 0 Å². The second kappa shape index (κ2) is 26.9. The van der Waals surface area contributed by atoms with Crippen molar-refractivity contribution in [3.8, 4) is 0 Å². The van der Waals surface area contributed by atoms with Crippen LogP contribution in [0, 0.1) is 11.3 Å². The number of amides is 3. The third kappa shape index (κ3) is 20.6. The van der Waals surface area contributed by atoms with Crippen LogP contribution in [-0.4, -0.2) is 104 Å². The second-order valence-electron chi connectivity index (χ2n) is 15.4. The molecule has 59 heavy (non-hydrogen) atoms. The summed E-state index contributed by atoms with van der Waals surface area (Å²) in [6.07, 6.45) is 11.4. The molecule has 15 heteroatoms. The number of carbonyl (C=O) groups is 4. The first-order chi connectivity index (χ1) is 28.0. The smallest absolute Gasteiger partial charge is 0.328 e. The second-order valence-corrected chi connectivity index (χ2v) is 15.4. The summed E-state index contributed by atoms with van der Waals surface area (Å²) >= 11 is 0. The summed E-state index contributed by atoms with van der Waals surface area (Å²) < 4.78 is 11.0. The molecule has 0 aliphatic heterocycles. The minimum absolute atomic E-state index is 0.0512. The molecule has 0 fully saturated rings. The number of allylic oxidation sites excluding steroid dienone is 9. The quantitative estimate of drug-likeness (QED) is 0.0336. The van der Waals surface area contributed by atoms with Gasteiger partial charge in [-0.15, -0.1) is 0 Å². The number of benzene rings is 1. The zero-order valence-corrected chi connectivity index (χ0v) is 35.6. The summed E-state index contributed by atoms with van der Waals surface area (Å²) in [5, 5.41) is 28.9. The van der Waals surface area contributed by atoms with Gasteiger partial charge in [0.2, 0.25) is 0 Å². The highest BCUT2D eigenvalue weighted by Gasteiger charge is 2.31. The lowest BCUT2D eigenvalue weighted by molar-refractivity contribution is -0.142. The van der Waals surface area contributed by atoms with Gasteiger partial charge >= 0.3 is 5.97 Å². The van der Waals surface area contributed by atoms with Crippen LogP contribution in [0.2, 0.25) is 0 Å². The van der Waals surface area contributed by atoms with E-state index in [1.807, 2.05) is 76.3 Å². The largest absolute Gasteiger partial charge is 0.478 e. The van der Waals surface area contributed by atoms with E-state index in [4.69, 9.17) is 30.0 Å². The van der Waals surface area contributed by atoms with Gasteiger partial charge in [-0.2, -0.15) is 0 Å². The first-order valence-electron chi connectivity index (χ1n) is 20.0. The van der Waals surface area contributed by atoms with Crippen molar-refractivity contribution >= 4 is 29.4 Å². The number of nitrogens with two attached hydrogens (primary N) is 1. The molecule has 7 N–H and O–H groups in total. The molecule has 0 spiro atoms. The number of hydrogen-bond donors (Lipinski definition) is 6. The van der Waals surface area contributed by atoms with Gasteiger partial charge in [0.25, 0.3) is 17.7 Å². The van der Waals surface area contributed by atoms with Crippen molar-refractivity contribution in [2.24, 2.45) is 22.2 Å². The van der Waals surface area contributed by atoms with Crippen molar-refractivity contribution in [2.45, 2.75) is 92.3 Å². The van der Waals surface area contributed by atoms with Gasteiger partial charge in [0.15, 0.2) is 6.61 Å². The lowest BCUT2D eigenvalue weighted by atomic mass is 9.72. The van der Waals surface area contributed by atoms with Gasteiger partial charge in [0.1, 0.15) is 12.1 Å². The summed E-state index contributed by atoms with van der Waals surface area (Å²) in [7, 11) is 0. The van der Waals surface area contributed by atoms with Crippen molar-refractivity contribution < 1.29 is 48.5 Å². The predicted octanol–water partition coefficient (Wildman–Crippen LogP) is 4.24. The number of hydrogen-bond acceptors (Lipinski definition) is 11. The van der Waals surface area contributed by atoms with E-state index in [2.05, 4.69) is 41.2 Å². The zero-order valence-electron chi connectivity index (χ0n) is 35.6. The molecule has 2 rings (SSSR count). The number of carbonyl (C=O) groups excluding carboxylic acids is 3. The Bertz CT molecular complexity index is 1700. The Balaban J connectivity index is 1.64. The van der Waals surface area contributed by atoms with Crippen molar-refractivity contribution in [3.63, 3.8) is 0 Å². The SMILES string of the molecule is CC(C=CC1=C(C)C(=NOCC(=O)NCCOCCOCCONC(=O)C(CC(C)C)NC(=O)C(O)C(N)Cc2ccccc2)CCC1(C)C)=CC=CC(C)=CC(=O)O. The molecule has 15 nitrogen and oxygen atoms in total. The maximum absolute atomic E-state index is 12.8. The van der Waals surface area contributed by atoms with Crippen molar-refractivity contribution in [2.75, 3.05) is 46.2 Å². The van der Waals surface area contributed by atoms with Crippen molar-refractivity contribution in [1.29, 1.82) is 0 Å². The highest BCUT2D eigenvalue weighted by Crippen LogP contribution is 2.40. The van der Waals surface area contributed by atoms with Crippen LogP contribution in [0.25, 0.3) is 0 Å². The molecule has 3 amide bonds. The zero-order chi connectivity index (χ0) is 43.8. The van der Waals surface area contributed by atoms with Crippen LogP contribution in [0.4, 0.5) is 0 Å². The Morgan fingerprint density at radius 1 is 0.966 bits per heavy atom. The van der Waals surface area contributed by atoms with E-state index in [1.165, 1.54) is 0 Å². The molecule has 3 unspecified atom stereocenters. The number of aliphatic hydroxyl groups excluding tert-OH is 1. The molecule has 0 aromatic heterocycles. The topological polar surface area (TPSA) is 220 Å². The molecule has 1 aliphatic carbocycles. The molecule has 0 radical (unpaired) electrons. The molecule has 0 bridgehead atoms. The van der Waals surface area contributed by atoms with E-state index in [1.54, 1.807) is 13.0 Å². The number of carboxylic acid groups (broad SMARTS) is 1. The van der Waals surface area contributed by atoms with Crippen LogP contribution in [0.1, 0.15) is 73.3 Å². The maximum Gasteiger partial charge on any atom is 0.328 e. The summed E-state index contributed by atoms with van der Waals surface area (Å²) in [4.78, 5) is 59.2. The standard InChI is InChI=1S/C44H65N5O10/c1-30(2)26-38(47-43(55)41(53)36(45)28-34-14-9-8-10-15-34)42(54)49-58-25-24-57-23-22-56-21-20-46-39(50)29-59-48-37-18-19-44(6,7)35(33(37)5)17-16-31(3)12-11-13-32(4)27-40(51)52/h8-17,27,30,36,38,41,53H,18-26,28-29,45H2,1-7H3,(H,46,50)(H,47,55)(H,49,54)(H,51,52). The maximum atomic E-state index is 12.8. The highest BCUT2D eigenvalue weighted by atomic mass is 16.7. The highest BCUT2D eigenvalue weighted by molar-refractivity contribution is 6.01. The van der Waals surface area contributed by atoms with E-state index in [-0.39, 0.29) is 63.4 Å². The molecule has 0 saturated carbocycles. The summed E-state index contributed by atoms with van der Waals surface area (Å²) in [6.45, 7) is 14.9. The van der Waals surface area contributed by atoms with Crippen LogP contribution < -0.4 is 21.8 Å². The number of aliphatic carboxylic acids is 1. The Labute approximate surface area is 348 Å². The molecule has 1 aromatic rings. The average molecular weight is 824 g/mol. The van der Waals surface area contributed by atoms with Crippen LogP contribution in [0.3, 0.4) is 0 Å².